The van der Waals surface area contributed by atoms with E-state index in [1.165, 1.54) is 0 Å². The molecular weight excluding hydrogens is 334 g/mol. The molecule has 1 atom stereocenters. The van der Waals surface area contributed by atoms with Crippen LogP contribution in [0.25, 0.3) is 0 Å². The molecule has 2 aliphatic heterocycles. The van der Waals surface area contributed by atoms with Crippen molar-refractivity contribution in [1.82, 2.24) is 4.90 Å². The molecule has 0 aromatic heterocycles. The topological polar surface area (TPSA) is 76.1 Å². The Bertz CT molecular complexity index is 775. The lowest BCUT2D eigenvalue weighted by Crippen LogP contribution is -2.33. The van der Waals surface area contributed by atoms with E-state index in [9.17, 15) is 14.7 Å². The molecule has 0 radical (unpaired) electrons. The lowest BCUT2D eigenvalue weighted by Gasteiger charge is -2.29. The summed E-state index contributed by atoms with van der Waals surface area (Å²) in [5.41, 5.74) is 0.179. The molecule has 26 heavy (non-hydrogen) atoms. The Kier molecular flexibility index (Phi) is 4.69. The van der Waals surface area contributed by atoms with Gasteiger partial charge in [0, 0.05) is 12.0 Å². The summed E-state index contributed by atoms with van der Waals surface area (Å²) >= 11 is 0. The Morgan fingerprint density at radius 2 is 1.88 bits per heavy atom. The first-order valence-electron chi connectivity index (χ1n) is 8.94. The van der Waals surface area contributed by atoms with Crippen LogP contribution in [0.3, 0.4) is 0 Å². The molecular formula is C20H25NO5. The third-order valence-electron chi connectivity index (χ3n) is 4.58. The van der Waals surface area contributed by atoms with Crippen LogP contribution < -0.4 is 9.47 Å². The highest BCUT2D eigenvalue weighted by Crippen LogP contribution is 2.43. The summed E-state index contributed by atoms with van der Waals surface area (Å²) in [4.78, 5) is 27.2. The van der Waals surface area contributed by atoms with Crippen LogP contribution in [0.4, 0.5) is 0 Å². The average molecular weight is 359 g/mol. The van der Waals surface area contributed by atoms with Crippen LogP contribution in [0.15, 0.2) is 29.5 Å². The van der Waals surface area contributed by atoms with Crippen molar-refractivity contribution in [3.8, 4) is 11.5 Å². The fraction of sp³-hybridized carbons (Fsp3) is 0.500. The van der Waals surface area contributed by atoms with E-state index in [4.69, 9.17) is 9.47 Å². The summed E-state index contributed by atoms with van der Waals surface area (Å²) in [5, 5.41) is 10.5. The number of nitrogens with zero attached hydrogens (tertiary/aromatic N) is 1. The fourth-order valence-corrected chi connectivity index (χ4v) is 3.34. The van der Waals surface area contributed by atoms with E-state index in [1.807, 2.05) is 13.0 Å². The summed E-state index contributed by atoms with van der Waals surface area (Å²) in [7, 11) is 0. The van der Waals surface area contributed by atoms with E-state index in [2.05, 4.69) is 0 Å². The minimum atomic E-state index is -0.710. The van der Waals surface area contributed by atoms with Gasteiger partial charge in [0.15, 0.2) is 23.0 Å². The van der Waals surface area contributed by atoms with Gasteiger partial charge < -0.3 is 19.5 Å². The van der Waals surface area contributed by atoms with Crippen molar-refractivity contribution >= 4 is 11.7 Å². The number of hydrogen-bond donors (Lipinski definition) is 1. The Morgan fingerprint density at radius 3 is 2.50 bits per heavy atom. The number of amides is 1. The minimum Gasteiger partial charge on any atom is -0.503 e. The average Bonchev–Trinajstić information content (AvgIpc) is 2.85. The number of fused-ring (bicyclic) bond motifs is 1. The van der Waals surface area contributed by atoms with Gasteiger partial charge in [-0.25, -0.2) is 0 Å². The SMILES string of the molecule is CCCN1C(=O)C(O)=C(C(=O)C(C)(C)C)C1c1ccc2c(c1)OCCO2. The van der Waals surface area contributed by atoms with Gasteiger partial charge in [0.25, 0.3) is 5.91 Å². The summed E-state index contributed by atoms with van der Waals surface area (Å²) in [6.45, 7) is 8.69. The number of aliphatic hydroxyl groups excluding tert-OH is 1. The first kappa shape index (κ1) is 18.3. The molecule has 0 aliphatic carbocycles. The van der Waals surface area contributed by atoms with Crippen molar-refractivity contribution in [2.45, 2.75) is 40.2 Å². The van der Waals surface area contributed by atoms with Gasteiger partial charge in [-0.15, -0.1) is 0 Å². The zero-order chi connectivity index (χ0) is 19.1. The highest BCUT2D eigenvalue weighted by Gasteiger charge is 2.45. The third kappa shape index (κ3) is 3.04. The highest BCUT2D eigenvalue weighted by atomic mass is 16.6. The second kappa shape index (κ2) is 6.67. The van der Waals surface area contributed by atoms with Gasteiger partial charge in [0.05, 0.1) is 11.6 Å². The molecule has 0 spiro atoms. The summed E-state index contributed by atoms with van der Waals surface area (Å²) in [5.74, 6) is 0.0503. The van der Waals surface area contributed by atoms with E-state index in [0.717, 1.165) is 12.0 Å². The van der Waals surface area contributed by atoms with Gasteiger partial charge in [0.2, 0.25) is 0 Å². The largest absolute Gasteiger partial charge is 0.503 e. The summed E-state index contributed by atoms with van der Waals surface area (Å²) in [6.07, 6.45) is 0.719. The molecule has 0 fully saturated rings. The monoisotopic (exact) mass is 359 g/mol. The van der Waals surface area contributed by atoms with E-state index in [0.29, 0.717) is 31.3 Å². The number of ketones is 1. The first-order valence-corrected chi connectivity index (χ1v) is 8.94. The number of aliphatic hydroxyl groups is 1. The van der Waals surface area contributed by atoms with Gasteiger partial charge in [-0.05, 0) is 24.1 Å². The minimum absolute atomic E-state index is 0.160. The van der Waals surface area contributed by atoms with Gasteiger partial charge >= 0.3 is 0 Å². The summed E-state index contributed by atoms with van der Waals surface area (Å²) in [6, 6.07) is 4.78. The zero-order valence-electron chi connectivity index (χ0n) is 15.7. The zero-order valence-corrected chi connectivity index (χ0v) is 15.7. The number of carbonyl (C=O) groups is 2. The van der Waals surface area contributed by atoms with Gasteiger partial charge in [-0.3, -0.25) is 9.59 Å². The second-order valence-corrected chi connectivity index (χ2v) is 7.65. The van der Waals surface area contributed by atoms with E-state index >= 15 is 0 Å². The predicted octanol–water partition coefficient (Wildman–Crippen LogP) is 3.18. The number of ether oxygens (including phenoxy) is 2. The molecule has 2 heterocycles. The molecule has 140 valence electrons. The van der Waals surface area contributed by atoms with Crippen molar-refractivity contribution in [2.24, 2.45) is 5.41 Å². The highest BCUT2D eigenvalue weighted by molar-refractivity contribution is 6.10. The molecule has 0 bridgehead atoms. The number of hydrogen-bond acceptors (Lipinski definition) is 5. The molecule has 0 saturated carbocycles. The first-order chi connectivity index (χ1) is 12.3. The Balaban J connectivity index is 2.10. The van der Waals surface area contributed by atoms with Crippen LogP contribution in [0.5, 0.6) is 11.5 Å². The maximum Gasteiger partial charge on any atom is 0.290 e. The molecule has 6 nitrogen and oxygen atoms in total. The van der Waals surface area contributed by atoms with Crippen molar-refractivity contribution in [3.05, 3.63) is 35.1 Å². The smallest absolute Gasteiger partial charge is 0.290 e. The van der Waals surface area contributed by atoms with Crippen LogP contribution in [-0.2, 0) is 9.59 Å². The molecule has 3 rings (SSSR count). The molecule has 0 saturated heterocycles. The van der Waals surface area contributed by atoms with Crippen LogP contribution in [0.2, 0.25) is 0 Å². The molecule has 1 unspecified atom stereocenters. The predicted molar refractivity (Wildman–Crippen MR) is 96.3 cm³/mol. The van der Waals surface area contributed by atoms with E-state index < -0.39 is 23.1 Å². The van der Waals surface area contributed by atoms with Gasteiger partial charge in [-0.2, -0.15) is 0 Å². The van der Waals surface area contributed by atoms with Gasteiger partial charge in [0.1, 0.15) is 13.2 Å². The van der Waals surface area contributed by atoms with Gasteiger partial charge in [-0.1, -0.05) is 33.8 Å². The fourth-order valence-electron chi connectivity index (χ4n) is 3.34. The van der Waals surface area contributed by atoms with E-state index in [1.54, 1.807) is 37.8 Å². The number of benzene rings is 1. The van der Waals surface area contributed by atoms with Crippen LogP contribution >= 0.6 is 0 Å². The Morgan fingerprint density at radius 1 is 1.23 bits per heavy atom. The normalized spacial score (nSPS) is 19.9. The molecule has 1 aromatic carbocycles. The Labute approximate surface area is 153 Å². The maximum absolute atomic E-state index is 13.0. The van der Waals surface area contributed by atoms with Crippen molar-refractivity contribution < 1.29 is 24.2 Å². The maximum atomic E-state index is 13.0. The van der Waals surface area contributed by atoms with Crippen LogP contribution in [0.1, 0.15) is 45.7 Å². The standard InChI is InChI=1S/C20H25NO5/c1-5-8-21-16(12-6-7-13-14(11-12)26-10-9-25-13)15(17(22)19(21)24)18(23)20(2,3)4/h6-7,11,16,22H,5,8-10H2,1-4H3. The molecule has 1 aromatic rings. The molecule has 1 N–H and O–H groups in total. The molecule has 6 heteroatoms. The number of rotatable bonds is 4. The van der Waals surface area contributed by atoms with Crippen molar-refractivity contribution in [1.29, 1.82) is 0 Å². The lowest BCUT2D eigenvalue weighted by molar-refractivity contribution is -0.129. The Hall–Kier alpha value is -2.50. The van der Waals surface area contributed by atoms with Crippen molar-refractivity contribution in [3.63, 3.8) is 0 Å². The second-order valence-electron chi connectivity index (χ2n) is 7.65. The van der Waals surface area contributed by atoms with Crippen LogP contribution in [0, 0.1) is 5.41 Å². The van der Waals surface area contributed by atoms with Crippen molar-refractivity contribution in [2.75, 3.05) is 19.8 Å². The van der Waals surface area contributed by atoms with Crippen LogP contribution in [-0.4, -0.2) is 41.5 Å². The lowest BCUT2D eigenvalue weighted by atomic mass is 9.82. The quantitative estimate of drug-likeness (QED) is 0.893. The summed E-state index contributed by atoms with van der Waals surface area (Å²) < 4.78 is 11.2. The third-order valence-corrected chi connectivity index (χ3v) is 4.58. The van der Waals surface area contributed by atoms with E-state index in [-0.39, 0.29) is 11.4 Å². The number of carbonyl (C=O) groups excluding carboxylic acids is 2. The number of Topliss-reactive ketones (excluding diaryl/α,β-unsaturated/α-hetero) is 1. The molecule has 2 aliphatic rings. The molecule has 1 amide bonds.